The van der Waals surface area contributed by atoms with Gasteiger partial charge in [-0.15, -0.1) is 0 Å². The van der Waals surface area contributed by atoms with E-state index in [1.54, 1.807) is 6.07 Å². The van der Waals surface area contributed by atoms with E-state index in [9.17, 15) is 0 Å². The molecule has 1 rings (SSSR count). The van der Waals surface area contributed by atoms with Gasteiger partial charge < -0.3 is 0 Å². The minimum atomic E-state index is 0.452. The number of hydrogen-bond acceptors (Lipinski definition) is 1. The van der Waals surface area contributed by atoms with Crippen LogP contribution in [0.25, 0.3) is 0 Å². The van der Waals surface area contributed by atoms with Crippen LogP contribution in [0.4, 0.5) is 0 Å². The molecule has 0 amide bonds. The minimum Gasteiger partial charge on any atom is -0.241 e. The van der Waals surface area contributed by atoms with Crippen LogP contribution in [-0.2, 0) is 6.42 Å². The zero-order chi connectivity index (χ0) is 8.27. The van der Waals surface area contributed by atoms with Gasteiger partial charge in [0.25, 0.3) is 0 Å². The van der Waals surface area contributed by atoms with Crippen molar-refractivity contribution in [3.05, 3.63) is 29.0 Å². The second kappa shape index (κ2) is 4.07. The van der Waals surface area contributed by atoms with Gasteiger partial charge in [-0.25, -0.2) is 4.98 Å². The van der Waals surface area contributed by atoms with Crippen molar-refractivity contribution in [1.82, 2.24) is 4.98 Å². The van der Waals surface area contributed by atoms with E-state index in [1.165, 1.54) is 0 Å². The molecule has 0 aliphatic carbocycles. The summed E-state index contributed by atoms with van der Waals surface area (Å²) in [7, 11) is 0. The summed E-state index contributed by atoms with van der Waals surface area (Å²) >= 11 is 9.15. The molecule has 1 nitrogen and oxygen atoms in total. The van der Waals surface area contributed by atoms with E-state index >= 15 is 0 Å². The van der Waals surface area contributed by atoms with Gasteiger partial charge in [0.1, 0.15) is 5.15 Å². The number of halogens is 2. The molecule has 1 heterocycles. The average molecular weight is 235 g/mol. The molecule has 1 aromatic heterocycles. The third kappa shape index (κ3) is 3.21. The van der Waals surface area contributed by atoms with Crippen molar-refractivity contribution in [3.8, 4) is 0 Å². The molecule has 1 unspecified atom stereocenters. The van der Waals surface area contributed by atoms with Crippen molar-refractivity contribution in [2.45, 2.75) is 18.2 Å². The van der Waals surface area contributed by atoms with Crippen LogP contribution in [0.5, 0.6) is 0 Å². The maximum absolute atomic E-state index is 5.70. The summed E-state index contributed by atoms with van der Waals surface area (Å²) in [5.41, 5.74) is 1.03. The third-order valence-corrected chi connectivity index (χ3v) is 1.80. The highest BCUT2D eigenvalue weighted by Gasteiger charge is 1.99. The lowest BCUT2D eigenvalue weighted by atomic mass is 10.2. The molecule has 0 saturated carbocycles. The van der Waals surface area contributed by atoms with E-state index < -0.39 is 0 Å². The molecule has 0 fully saturated rings. The molecule has 0 saturated heterocycles. The Morgan fingerprint density at radius 1 is 1.64 bits per heavy atom. The number of aromatic nitrogens is 1. The smallest absolute Gasteiger partial charge is 0.129 e. The first-order chi connectivity index (χ1) is 5.18. The Balaban J connectivity index is 2.71. The largest absolute Gasteiger partial charge is 0.241 e. The van der Waals surface area contributed by atoms with E-state index in [1.807, 2.05) is 12.1 Å². The normalized spacial score (nSPS) is 13.0. The molecule has 3 heteroatoms. The SMILES string of the molecule is CC(Br)Cc1cccc(Cl)n1. The van der Waals surface area contributed by atoms with Gasteiger partial charge in [-0.2, -0.15) is 0 Å². The van der Waals surface area contributed by atoms with Gasteiger partial charge in [0.15, 0.2) is 0 Å². The van der Waals surface area contributed by atoms with Crippen molar-refractivity contribution < 1.29 is 0 Å². The molecule has 1 aromatic rings. The first-order valence-corrected chi connectivity index (χ1v) is 4.73. The summed E-state index contributed by atoms with van der Waals surface area (Å²) in [5.74, 6) is 0. The predicted octanol–water partition coefficient (Wildman–Crippen LogP) is 3.06. The zero-order valence-electron chi connectivity index (χ0n) is 6.22. The van der Waals surface area contributed by atoms with Gasteiger partial charge in [-0.1, -0.05) is 40.5 Å². The molecule has 0 aliphatic rings. The number of rotatable bonds is 2. The van der Waals surface area contributed by atoms with Crippen LogP contribution in [-0.4, -0.2) is 9.81 Å². The first-order valence-electron chi connectivity index (χ1n) is 3.44. The second-order valence-electron chi connectivity index (χ2n) is 2.44. The van der Waals surface area contributed by atoms with Crippen LogP contribution in [0.15, 0.2) is 18.2 Å². The van der Waals surface area contributed by atoms with Gasteiger partial charge in [0.05, 0.1) is 0 Å². The molecule has 11 heavy (non-hydrogen) atoms. The van der Waals surface area contributed by atoms with Gasteiger partial charge in [-0.05, 0) is 12.1 Å². The Hall–Kier alpha value is -0.0800. The highest BCUT2D eigenvalue weighted by atomic mass is 79.9. The lowest BCUT2D eigenvalue weighted by Gasteiger charge is -2.01. The molecule has 0 bridgehead atoms. The van der Waals surface area contributed by atoms with Gasteiger partial charge in [0, 0.05) is 16.9 Å². The van der Waals surface area contributed by atoms with Crippen LogP contribution < -0.4 is 0 Å². The Labute approximate surface area is 79.9 Å². The lowest BCUT2D eigenvalue weighted by molar-refractivity contribution is 0.914. The van der Waals surface area contributed by atoms with Gasteiger partial charge >= 0.3 is 0 Å². The first kappa shape index (κ1) is 9.01. The fourth-order valence-electron chi connectivity index (χ4n) is 0.852. The highest BCUT2D eigenvalue weighted by Crippen LogP contribution is 2.10. The minimum absolute atomic E-state index is 0.452. The molecule has 60 valence electrons. The predicted molar refractivity (Wildman–Crippen MR) is 51.3 cm³/mol. The molecule has 0 aromatic carbocycles. The number of nitrogens with zero attached hydrogens (tertiary/aromatic N) is 1. The Kier molecular flexibility index (Phi) is 3.34. The lowest BCUT2D eigenvalue weighted by Crippen LogP contribution is -1.98. The van der Waals surface area contributed by atoms with Crippen LogP contribution in [0.3, 0.4) is 0 Å². The maximum Gasteiger partial charge on any atom is 0.129 e. The maximum atomic E-state index is 5.70. The van der Waals surface area contributed by atoms with Gasteiger partial charge in [-0.3, -0.25) is 0 Å². The quantitative estimate of drug-likeness (QED) is 0.566. The number of hydrogen-bond donors (Lipinski definition) is 0. The molecule has 0 N–H and O–H groups in total. The zero-order valence-corrected chi connectivity index (χ0v) is 8.56. The standard InChI is InChI=1S/C8H9BrClN/c1-6(9)5-7-3-2-4-8(10)11-7/h2-4,6H,5H2,1H3. The number of pyridine rings is 1. The Bertz CT molecular complexity index is 237. The summed E-state index contributed by atoms with van der Waals surface area (Å²) in [6.45, 7) is 2.09. The Morgan fingerprint density at radius 2 is 2.36 bits per heavy atom. The average Bonchev–Trinajstić information content (AvgIpc) is 1.85. The number of alkyl halides is 1. The molecular weight excluding hydrogens is 225 g/mol. The van der Waals surface area contributed by atoms with Crippen molar-refractivity contribution in [2.75, 3.05) is 0 Å². The van der Waals surface area contributed by atoms with E-state index in [0.29, 0.717) is 9.98 Å². The highest BCUT2D eigenvalue weighted by molar-refractivity contribution is 9.09. The van der Waals surface area contributed by atoms with E-state index in [2.05, 4.69) is 27.8 Å². The van der Waals surface area contributed by atoms with Crippen LogP contribution in [0, 0.1) is 0 Å². The molecule has 1 atom stereocenters. The van der Waals surface area contributed by atoms with Crippen LogP contribution >= 0.6 is 27.5 Å². The summed E-state index contributed by atoms with van der Waals surface area (Å²) in [6.07, 6.45) is 0.917. The van der Waals surface area contributed by atoms with Gasteiger partial charge in [0.2, 0.25) is 0 Å². The van der Waals surface area contributed by atoms with Crippen LogP contribution in [0.2, 0.25) is 5.15 Å². The van der Waals surface area contributed by atoms with Crippen molar-refractivity contribution in [1.29, 1.82) is 0 Å². The molecule has 0 spiro atoms. The molecule has 0 radical (unpaired) electrons. The monoisotopic (exact) mass is 233 g/mol. The van der Waals surface area contributed by atoms with E-state index in [0.717, 1.165) is 12.1 Å². The van der Waals surface area contributed by atoms with Crippen molar-refractivity contribution in [2.24, 2.45) is 0 Å². The topological polar surface area (TPSA) is 12.9 Å². The van der Waals surface area contributed by atoms with Crippen LogP contribution in [0.1, 0.15) is 12.6 Å². The summed E-state index contributed by atoms with van der Waals surface area (Å²) < 4.78 is 0. The Morgan fingerprint density at radius 3 is 2.91 bits per heavy atom. The second-order valence-corrected chi connectivity index (χ2v) is 4.39. The molecular formula is C8H9BrClN. The van der Waals surface area contributed by atoms with Crippen molar-refractivity contribution in [3.63, 3.8) is 0 Å². The van der Waals surface area contributed by atoms with E-state index in [-0.39, 0.29) is 0 Å². The summed E-state index contributed by atoms with van der Waals surface area (Å²) in [5, 5.41) is 0.565. The fourth-order valence-corrected chi connectivity index (χ4v) is 1.37. The van der Waals surface area contributed by atoms with E-state index in [4.69, 9.17) is 11.6 Å². The molecule has 0 aliphatic heterocycles. The third-order valence-electron chi connectivity index (χ3n) is 1.26. The fraction of sp³-hybridized carbons (Fsp3) is 0.375. The summed E-state index contributed by atoms with van der Waals surface area (Å²) in [6, 6.07) is 5.67. The van der Waals surface area contributed by atoms with Crippen molar-refractivity contribution >= 4 is 27.5 Å². The summed E-state index contributed by atoms with van der Waals surface area (Å²) in [4.78, 5) is 4.60.